The number of para-hydroxylation sites is 1. The minimum Gasteiger partial charge on any atom is -0.496 e. The van der Waals surface area contributed by atoms with Gasteiger partial charge in [0.25, 0.3) is 0 Å². The molecule has 2 nitrogen and oxygen atoms in total. The van der Waals surface area contributed by atoms with E-state index in [4.69, 9.17) is 9.47 Å². The number of methoxy groups -OCH3 is 1. The van der Waals surface area contributed by atoms with E-state index in [1.54, 1.807) is 7.11 Å². The number of ether oxygens (including phenoxy) is 2. The fraction of sp³-hybridized carbons (Fsp3) is 0.625. The van der Waals surface area contributed by atoms with Gasteiger partial charge in [0.2, 0.25) is 0 Å². The van der Waals surface area contributed by atoms with Gasteiger partial charge in [-0.2, -0.15) is 0 Å². The first-order valence-electron chi connectivity index (χ1n) is 7.10. The van der Waals surface area contributed by atoms with E-state index in [2.05, 4.69) is 35.0 Å². The third-order valence-corrected chi connectivity index (χ3v) is 4.52. The van der Waals surface area contributed by atoms with E-state index in [9.17, 15) is 0 Å². The van der Waals surface area contributed by atoms with E-state index < -0.39 is 0 Å². The van der Waals surface area contributed by atoms with Gasteiger partial charge in [-0.3, -0.25) is 0 Å². The second-order valence-electron chi connectivity index (χ2n) is 5.26. The monoisotopic (exact) mass is 326 g/mol. The second-order valence-corrected chi connectivity index (χ2v) is 6.56. The van der Waals surface area contributed by atoms with Gasteiger partial charge in [-0.05, 0) is 50.2 Å². The first-order valence-corrected chi connectivity index (χ1v) is 8.02. The van der Waals surface area contributed by atoms with E-state index in [1.165, 1.54) is 24.8 Å². The van der Waals surface area contributed by atoms with Crippen LogP contribution in [-0.2, 0) is 11.2 Å². The maximum absolute atomic E-state index is 5.61. The van der Waals surface area contributed by atoms with Crippen LogP contribution in [-0.4, -0.2) is 24.6 Å². The van der Waals surface area contributed by atoms with Gasteiger partial charge >= 0.3 is 0 Å². The number of hydrogen-bond acceptors (Lipinski definition) is 2. The lowest BCUT2D eigenvalue weighted by atomic mass is 9.78. The highest BCUT2D eigenvalue weighted by Crippen LogP contribution is 2.36. The van der Waals surface area contributed by atoms with E-state index in [-0.39, 0.29) is 0 Å². The van der Waals surface area contributed by atoms with Crippen LogP contribution in [0.1, 0.15) is 31.7 Å². The van der Waals surface area contributed by atoms with Gasteiger partial charge in [-0.1, -0.05) is 34.1 Å². The minimum absolute atomic E-state index is 0.515. The van der Waals surface area contributed by atoms with Gasteiger partial charge in [0.15, 0.2) is 0 Å². The first-order chi connectivity index (χ1) is 9.22. The number of benzene rings is 1. The van der Waals surface area contributed by atoms with Crippen molar-refractivity contribution in [2.45, 2.75) is 43.5 Å². The largest absolute Gasteiger partial charge is 0.496 e. The van der Waals surface area contributed by atoms with Crippen molar-refractivity contribution < 1.29 is 9.47 Å². The van der Waals surface area contributed by atoms with Gasteiger partial charge in [0.1, 0.15) is 5.75 Å². The minimum atomic E-state index is 0.515. The molecule has 0 heterocycles. The topological polar surface area (TPSA) is 18.5 Å². The summed E-state index contributed by atoms with van der Waals surface area (Å²) in [5.74, 6) is 1.81. The molecule has 1 unspecified atom stereocenters. The van der Waals surface area contributed by atoms with Crippen LogP contribution in [0.25, 0.3) is 0 Å². The molecule has 3 heteroatoms. The Labute approximate surface area is 124 Å². The molecule has 0 aromatic heterocycles. The zero-order chi connectivity index (χ0) is 13.7. The number of halogens is 1. The van der Waals surface area contributed by atoms with Crippen LogP contribution in [0.15, 0.2) is 24.3 Å². The van der Waals surface area contributed by atoms with Crippen molar-refractivity contribution in [2.75, 3.05) is 13.7 Å². The lowest BCUT2D eigenvalue weighted by Crippen LogP contribution is -2.33. The van der Waals surface area contributed by atoms with Crippen LogP contribution in [0, 0.1) is 5.92 Å². The Bertz CT molecular complexity index is 388. The maximum Gasteiger partial charge on any atom is 0.122 e. The van der Waals surface area contributed by atoms with Crippen LogP contribution in [0.5, 0.6) is 5.75 Å². The Kier molecular flexibility index (Phi) is 5.71. The van der Waals surface area contributed by atoms with Crippen molar-refractivity contribution in [2.24, 2.45) is 5.92 Å². The molecule has 0 bridgehead atoms. The molecule has 0 saturated heterocycles. The summed E-state index contributed by atoms with van der Waals surface area (Å²) in [5.41, 5.74) is 1.28. The van der Waals surface area contributed by atoms with E-state index >= 15 is 0 Å². The lowest BCUT2D eigenvalue weighted by molar-refractivity contribution is -0.0263. The summed E-state index contributed by atoms with van der Waals surface area (Å²) in [6, 6.07) is 8.27. The second kappa shape index (κ2) is 7.30. The van der Waals surface area contributed by atoms with Gasteiger partial charge in [0, 0.05) is 11.4 Å². The SMILES string of the molecule is CCOC1CC(CC(Br)Cc2ccccc2OC)C1. The molecule has 1 aliphatic carbocycles. The van der Waals surface area contributed by atoms with Crippen LogP contribution < -0.4 is 4.74 Å². The highest BCUT2D eigenvalue weighted by atomic mass is 79.9. The average molecular weight is 327 g/mol. The van der Waals surface area contributed by atoms with Gasteiger partial charge in [-0.15, -0.1) is 0 Å². The summed E-state index contributed by atoms with van der Waals surface area (Å²) >= 11 is 3.82. The molecule has 1 saturated carbocycles. The van der Waals surface area contributed by atoms with Gasteiger partial charge in [0.05, 0.1) is 13.2 Å². The van der Waals surface area contributed by atoms with Crippen LogP contribution in [0.2, 0.25) is 0 Å². The third-order valence-electron chi connectivity index (χ3n) is 3.82. The van der Waals surface area contributed by atoms with E-state index in [0.29, 0.717) is 10.9 Å². The van der Waals surface area contributed by atoms with Crippen molar-refractivity contribution in [3.8, 4) is 5.75 Å². The van der Waals surface area contributed by atoms with Crippen molar-refractivity contribution >= 4 is 15.9 Å². The summed E-state index contributed by atoms with van der Waals surface area (Å²) in [5, 5.41) is 0. The van der Waals surface area contributed by atoms with Crippen LogP contribution >= 0.6 is 15.9 Å². The standard InChI is InChI=1S/C16H23BrO2/c1-3-19-15-9-12(10-15)8-14(17)11-13-6-4-5-7-16(13)18-2/h4-7,12,14-15H,3,8-11H2,1-2H3. The molecule has 1 aliphatic rings. The van der Waals surface area contributed by atoms with Crippen molar-refractivity contribution in [1.29, 1.82) is 0 Å². The Hall–Kier alpha value is -0.540. The highest BCUT2D eigenvalue weighted by Gasteiger charge is 2.30. The molecule has 0 N–H and O–H groups in total. The fourth-order valence-corrected chi connectivity index (χ4v) is 3.67. The molecule has 0 amide bonds. The summed E-state index contributed by atoms with van der Waals surface area (Å²) in [7, 11) is 1.74. The first kappa shape index (κ1) is 14.9. The van der Waals surface area contributed by atoms with E-state index in [1.807, 2.05) is 12.1 Å². The molecular weight excluding hydrogens is 304 g/mol. The third kappa shape index (κ3) is 4.22. The Morgan fingerprint density at radius 3 is 2.74 bits per heavy atom. The molecule has 1 fully saturated rings. The predicted octanol–water partition coefficient (Wildman–Crippen LogP) is 4.21. The molecule has 1 aromatic carbocycles. The molecule has 19 heavy (non-hydrogen) atoms. The van der Waals surface area contributed by atoms with Crippen molar-refractivity contribution in [3.63, 3.8) is 0 Å². The summed E-state index contributed by atoms with van der Waals surface area (Å²) < 4.78 is 11.0. The molecule has 1 aromatic rings. The Morgan fingerprint density at radius 1 is 1.32 bits per heavy atom. The van der Waals surface area contributed by atoms with Crippen molar-refractivity contribution in [1.82, 2.24) is 0 Å². The predicted molar refractivity (Wildman–Crippen MR) is 82.2 cm³/mol. The van der Waals surface area contributed by atoms with Crippen LogP contribution in [0.3, 0.4) is 0 Å². The smallest absolute Gasteiger partial charge is 0.122 e. The molecular formula is C16H23BrO2. The molecule has 106 valence electrons. The highest BCUT2D eigenvalue weighted by molar-refractivity contribution is 9.09. The number of hydrogen-bond donors (Lipinski definition) is 0. The fourth-order valence-electron chi connectivity index (χ4n) is 2.79. The van der Waals surface area contributed by atoms with E-state index in [0.717, 1.165) is 24.7 Å². The quantitative estimate of drug-likeness (QED) is 0.699. The molecule has 0 aliphatic heterocycles. The summed E-state index contributed by atoms with van der Waals surface area (Å²) in [4.78, 5) is 0.524. The van der Waals surface area contributed by atoms with Crippen molar-refractivity contribution in [3.05, 3.63) is 29.8 Å². The zero-order valence-electron chi connectivity index (χ0n) is 11.8. The Morgan fingerprint density at radius 2 is 2.05 bits per heavy atom. The number of alkyl halides is 1. The number of rotatable bonds is 7. The molecule has 1 atom stereocenters. The van der Waals surface area contributed by atoms with Gasteiger partial charge < -0.3 is 9.47 Å². The Balaban J connectivity index is 1.77. The normalized spacial score (nSPS) is 23.7. The molecule has 0 radical (unpaired) electrons. The molecule has 0 spiro atoms. The maximum atomic E-state index is 5.61. The lowest BCUT2D eigenvalue weighted by Gasteiger charge is -2.36. The average Bonchev–Trinajstić information content (AvgIpc) is 2.37. The summed E-state index contributed by atoms with van der Waals surface area (Å²) in [6.07, 6.45) is 5.21. The zero-order valence-corrected chi connectivity index (χ0v) is 13.4. The summed E-state index contributed by atoms with van der Waals surface area (Å²) in [6.45, 7) is 2.92. The van der Waals surface area contributed by atoms with Gasteiger partial charge in [-0.25, -0.2) is 0 Å². The van der Waals surface area contributed by atoms with Crippen LogP contribution in [0.4, 0.5) is 0 Å². The molecule has 2 rings (SSSR count).